The number of aldehydes is 1. The van der Waals surface area contributed by atoms with E-state index < -0.39 is 45.6 Å². The molecule has 2 fully saturated rings. The average Bonchev–Trinajstić information content (AvgIpc) is 3.72. The van der Waals surface area contributed by atoms with Crippen LogP contribution in [0.5, 0.6) is 0 Å². The minimum absolute atomic E-state index is 0.120. The zero-order valence-corrected chi connectivity index (χ0v) is 33.8. The molecule has 15 heteroatoms. The molecule has 2 amide bonds. The molecule has 5 aromatic carbocycles. The second-order valence-electron chi connectivity index (χ2n) is 13.1. The number of hydrogen-bond acceptors (Lipinski definition) is 12. The van der Waals surface area contributed by atoms with E-state index in [1.807, 2.05) is 152 Å². The van der Waals surface area contributed by atoms with E-state index in [0.717, 1.165) is 27.8 Å². The van der Waals surface area contributed by atoms with Crippen LogP contribution in [-0.4, -0.2) is 60.4 Å². The smallest absolute Gasteiger partial charge is 0.356 e. The molecule has 0 saturated carbocycles. The Morgan fingerprint density at radius 2 is 1.29 bits per heavy atom. The molecule has 3 aliphatic rings. The Hall–Kier alpha value is -5.45. The number of carbonyl (C=O) groups excluding carboxylic acids is 4. The van der Waals surface area contributed by atoms with Crippen molar-refractivity contribution in [1.29, 1.82) is 0 Å². The van der Waals surface area contributed by atoms with Crippen molar-refractivity contribution in [3.63, 3.8) is 0 Å². The van der Waals surface area contributed by atoms with Crippen LogP contribution < -0.4 is 11.1 Å². The van der Waals surface area contributed by atoms with Gasteiger partial charge in [0, 0.05) is 39.0 Å². The molecule has 3 aliphatic heterocycles. The standard InChI is InChI=1S/C43H35N5O6S4/c44-42-56-48(58-57-42)37(46-54-43(31-20-10-3-11-21-31,32-22-12-4-13-23-32)33-24-14-5-15-25-33)38(50)45-34-39(51)47-35(30(26-49)27-55-40(34)47)41(52)53-36(28-16-6-1-7-17-28)29-18-8-2-9-19-29/h1-26,34,36,40,42H,27,44H2,(H,45,50). The maximum Gasteiger partial charge on any atom is 0.356 e. The van der Waals surface area contributed by atoms with E-state index in [-0.39, 0.29) is 22.9 Å². The second kappa shape index (κ2) is 17.6. The summed E-state index contributed by atoms with van der Waals surface area (Å²) in [6, 6.07) is 46.2. The summed E-state index contributed by atoms with van der Waals surface area (Å²) >= 11 is 2.44. The van der Waals surface area contributed by atoms with Crippen molar-refractivity contribution >= 4 is 75.4 Å². The maximum atomic E-state index is 14.4. The fourth-order valence-electron chi connectivity index (χ4n) is 6.92. The summed E-state index contributed by atoms with van der Waals surface area (Å²) < 4.78 is 7.25. The lowest BCUT2D eigenvalue weighted by molar-refractivity contribution is -0.154. The van der Waals surface area contributed by atoms with Gasteiger partial charge in [-0.1, -0.05) is 157 Å². The third kappa shape index (κ3) is 7.75. The zero-order valence-electron chi connectivity index (χ0n) is 30.5. The highest BCUT2D eigenvalue weighted by molar-refractivity contribution is 8.81. The molecular formula is C43H35N5O6S4. The minimum Gasteiger partial charge on any atom is -0.448 e. The van der Waals surface area contributed by atoms with E-state index in [0.29, 0.717) is 6.29 Å². The Balaban J connectivity index is 1.09. The van der Waals surface area contributed by atoms with Crippen LogP contribution in [0.1, 0.15) is 33.9 Å². The van der Waals surface area contributed by atoms with E-state index in [1.54, 1.807) is 3.71 Å². The first kappa shape index (κ1) is 39.4. The van der Waals surface area contributed by atoms with Crippen LogP contribution in [0.15, 0.2) is 168 Å². The molecule has 5 aromatic rings. The summed E-state index contributed by atoms with van der Waals surface area (Å²) in [5, 5.41) is 6.75. The predicted octanol–water partition coefficient (Wildman–Crippen LogP) is 7.00. The van der Waals surface area contributed by atoms with Crippen molar-refractivity contribution in [2.24, 2.45) is 10.9 Å². The predicted molar refractivity (Wildman–Crippen MR) is 229 cm³/mol. The fourth-order valence-corrected chi connectivity index (χ4v) is 11.9. The third-order valence-corrected chi connectivity index (χ3v) is 15.1. The van der Waals surface area contributed by atoms with Crippen LogP contribution in [0.2, 0.25) is 0 Å². The van der Waals surface area contributed by atoms with Gasteiger partial charge in [-0.3, -0.25) is 19.3 Å². The fraction of sp³-hybridized carbons (Fsp3) is 0.140. The van der Waals surface area contributed by atoms with Gasteiger partial charge < -0.3 is 20.6 Å². The molecule has 0 aliphatic carbocycles. The summed E-state index contributed by atoms with van der Waals surface area (Å²) in [4.78, 5) is 62.7. The van der Waals surface area contributed by atoms with Gasteiger partial charge in [-0.2, -0.15) is 0 Å². The first-order valence-corrected chi connectivity index (χ1v) is 22.2. The third-order valence-electron chi connectivity index (χ3n) is 9.64. The van der Waals surface area contributed by atoms with Crippen LogP contribution in [0, 0.1) is 0 Å². The SMILES string of the molecule is NC1SSN(C(=NOC(c2ccccc2)(c2ccccc2)c2ccccc2)C(=O)NC2C(=O)N3C(C(=O)OC(c4ccccc4)c4ccccc4)=C(C=O)CSC23)S1. The number of amides is 2. The van der Waals surface area contributed by atoms with Crippen molar-refractivity contribution in [3.05, 3.63) is 191 Å². The Morgan fingerprint density at radius 3 is 1.76 bits per heavy atom. The molecule has 3 unspecified atom stereocenters. The lowest BCUT2D eigenvalue weighted by Crippen LogP contribution is -2.71. The summed E-state index contributed by atoms with van der Waals surface area (Å²) in [5.41, 5.74) is 8.68. The van der Waals surface area contributed by atoms with Gasteiger partial charge >= 0.3 is 5.97 Å². The molecule has 3 atom stereocenters. The quantitative estimate of drug-likeness (QED) is 0.0163. The largest absolute Gasteiger partial charge is 0.448 e. The number of carbonyl (C=O) groups is 4. The number of nitrogens with zero attached hydrogens (tertiary/aromatic N) is 3. The van der Waals surface area contributed by atoms with E-state index in [2.05, 4.69) is 10.5 Å². The number of hydrogen-bond donors (Lipinski definition) is 2. The van der Waals surface area contributed by atoms with Gasteiger partial charge in [0.25, 0.3) is 17.6 Å². The second-order valence-corrected chi connectivity index (χ2v) is 18.1. The highest BCUT2D eigenvalue weighted by Crippen LogP contribution is 2.48. The van der Waals surface area contributed by atoms with Gasteiger partial charge in [0.2, 0.25) is 5.60 Å². The molecule has 3 heterocycles. The number of thioether (sulfide) groups is 1. The number of esters is 1. The van der Waals surface area contributed by atoms with Crippen LogP contribution >= 0.6 is 45.5 Å². The van der Waals surface area contributed by atoms with E-state index >= 15 is 0 Å². The Kier molecular flexibility index (Phi) is 11.9. The number of rotatable bonds is 11. The highest BCUT2D eigenvalue weighted by atomic mass is 33.1. The molecule has 58 heavy (non-hydrogen) atoms. The van der Waals surface area contributed by atoms with Crippen LogP contribution in [0.25, 0.3) is 0 Å². The molecule has 0 aromatic heterocycles. The summed E-state index contributed by atoms with van der Waals surface area (Å²) in [7, 11) is 2.55. The molecule has 0 spiro atoms. The minimum atomic E-state index is -1.29. The van der Waals surface area contributed by atoms with Crippen molar-refractivity contribution in [2.75, 3.05) is 5.75 Å². The monoisotopic (exact) mass is 845 g/mol. The highest BCUT2D eigenvalue weighted by Gasteiger charge is 2.55. The van der Waals surface area contributed by atoms with Crippen molar-refractivity contribution in [2.45, 2.75) is 27.8 Å². The maximum absolute atomic E-state index is 14.4. The topological polar surface area (TPSA) is 144 Å². The van der Waals surface area contributed by atoms with E-state index in [1.165, 1.54) is 50.4 Å². The van der Waals surface area contributed by atoms with Gasteiger partial charge in [-0.15, -0.1) is 11.8 Å². The molecule has 2 saturated heterocycles. The lowest BCUT2D eigenvalue weighted by Gasteiger charge is -2.49. The van der Waals surface area contributed by atoms with Crippen molar-refractivity contribution in [3.8, 4) is 0 Å². The Bertz CT molecular complexity index is 2210. The normalized spacial score (nSPS) is 19.3. The Labute approximate surface area is 351 Å². The van der Waals surface area contributed by atoms with Gasteiger partial charge in [-0.05, 0) is 33.9 Å². The van der Waals surface area contributed by atoms with Crippen LogP contribution in [0.3, 0.4) is 0 Å². The van der Waals surface area contributed by atoms with Gasteiger partial charge in [0.05, 0.1) is 0 Å². The molecular weight excluding hydrogens is 811 g/mol. The molecule has 8 rings (SSSR count). The number of β-lactam (4-membered cyclic amide) rings is 1. The first-order chi connectivity index (χ1) is 28.4. The number of nitrogens with one attached hydrogen (secondary N) is 1. The van der Waals surface area contributed by atoms with E-state index in [4.69, 9.17) is 15.3 Å². The number of fused-ring (bicyclic) bond motifs is 1. The van der Waals surface area contributed by atoms with Crippen molar-refractivity contribution < 1.29 is 28.8 Å². The number of nitrogens with two attached hydrogens (primary N) is 1. The number of oxime groups is 1. The molecule has 0 radical (unpaired) electrons. The molecule has 0 bridgehead atoms. The average molecular weight is 846 g/mol. The number of ether oxygens (including phenoxy) is 1. The number of amidine groups is 1. The summed E-state index contributed by atoms with van der Waals surface area (Å²) in [6.45, 7) is 0. The Morgan fingerprint density at radius 1 is 0.793 bits per heavy atom. The molecule has 11 nitrogen and oxygen atoms in total. The first-order valence-electron chi connectivity index (χ1n) is 18.1. The summed E-state index contributed by atoms with van der Waals surface area (Å²) in [6.07, 6.45) is -0.231. The van der Waals surface area contributed by atoms with Gasteiger partial charge in [-0.25, -0.2) is 8.51 Å². The lowest BCUT2D eigenvalue weighted by atomic mass is 9.80. The van der Waals surface area contributed by atoms with Crippen molar-refractivity contribution in [1.82, 2.24) is 13.9 Å². The van der Waals surface area contributed by atoms with Gasteiger partial charge in [0.1, 0.15) is 28.1 Å². The number of benzene rings is 5. The molecule has 292 valence electrons. The molecule has 3 N–H and O–H groups in total. The van der Waals surface area contributed by atoms with E-state index in [9.17, 15) is 19.2 Å². The van der Waals surface area contributed by atoms with Gasteiger partial charge in [0.15, 0.2) is 6.10 Å². The zero-order chi connectivity index (χ0) is 40.1. The summed E-state index contributed by atoms with van der Waals surface area (Å²) in [5.74, 6) is -2.11. The van der Waals surface area contributed by atoms with Crippen LogP contribution in [0.4, 0.5) is 0 Å². The van der Waals surface area contributed by atoms with Crippen LogP contribution in [-0.2, 0) is 34.4 Å².